The van der Waals surface area contributed by atoms with Gasteiger partial charge in [0.15, 0.2) is 0 Å². The number of nitrogens with one attached hydrogen (secondary N) is 1. The molecule has 0 fully saturated rings. The molecule has 0 bridgehead atoms. The van der Waals surface area contributed by atoms with Gasteiger partial charge in [-0.15, -0.1) is 0 Å². The zero-order valence-electron chi connectivity index (χ0n) is 5.85. The second-order valence-electron chi connectivity index (χ2n) is 2.11. The summed E-state index contributed by atoms with van der Waals surface area (Å²) >= 11 is 5.09. The van der Waals surface area contributed by atoms with E-state index in [-0.39, 0.29) is 11.3 Å². The molecule has 0 spiro atoms. The third-order valence-electron chi connectivity index (χ3n) is 1.28. The van der Waals surface area contributed by atoms with E-state index >= 15 is 0 Å². The molecular formula is C6H5ClF2N2O. The second kappa shape index (κ2) is 3.62. The minimum absolute atomic E-state index is 0.00463. The lowest BCUT2D eigenvalue weighted by molar-refractivity contribution is 0.107. The molecule has 1 rings (SSSR count). The SMILES string of the molecule is O=C(Cl)c1c[nH]nc1CC(F)F. The molecule has 1 N–H and O–H groups in total. The topological polar surface area (TPSA) is 45.8 Å². The van der Waals surface area contributed by atoms with Gasteiger partial charge in [-0.3, -0.25) is 9.89 Å². The Hall–Kier alpha value is -0.970. The number of aromatic amines is 1. The van der Waals surface area contributed by atoms with Crippen molar-refractivity contribution in [1.29, 1.82) is 0 Å². The highest BCUT2D eigenvalue weighted by atomic mass is 35.5. The normalized spacial score (nSPS) is 10.7. The number of rotatable bonds is 3. The summed E-state index contributed by atoms with van der Waals surface area (Å²) in [5.41, 5.74) is 0.0157. The van der Waals surface area contributed by atoms with Crippen molar-refractivity contribution in [2.24, 2.45) is 0 Å². The highest BCUT2D eigenvalue weighted by Gasteiger charge is 2.15. The molecule has 0 unspecified atom stereocenters. The van der Waals surface area contributed by atoms with Crippen LogP contribution >= 0.6 is 11.6 Å². The van der Waals surface area contributed by atoms with Crippen molar-refractivity contribution < 1.29 is 13.6 Å². The van der Waals surface area contributed by atoms with Gasteiger partial charge in [-0.1, -0.05) is 0 Å². The maximum atomic E-state index is 11.8. The first kappa shape index (κ1) is 9.12. The van der Waals surface area contributed by atoms with Gasteiger partial charge in [0, 0.05) is 6.20 Å². The molecule has 0 radical (unpaired) electrons. The number of hydrogen-bond donors (Lipinski definition) is 1. The van der Waals surface area contributed by atoms with Crippen LogP contribution in [0, 0.1) is 0 Å². The zero-order chi connectivity index (χ0) is 9.14. The largest absolute Gasteiger partial charge is 0.285 e. The van der Waals surface area contributed by atoms with Crippen LogP contribution in [0.3, 0.4) is 0 Å². The molecule has 0 atom stereocenters. The Morgan fingerprint density at radius 2 is 2.42 bits per heavy atom. The van der Waals surface area contributed by atoms with E-state index < -0.39 is 18.1 Å². The van der Waals surface area contributed by atoms with E-state index in [1.165, 1.54) is 6.20 Å². The average Bonchev–Trinajstić information content (AvgIpc) is 2.33. The molecule has 1 aromatic heterocycles. The van der Waals surface area contributed by atoms with Gasteiger partial charge < -0.3 is 0 Å². The number of carbonyl (C=O) groups excluding carboxylic acids is 1. The van der Waals surface area contributed by atoms with E-state index in [1.54, 1.807) is 0 Å². The molecule has 1 heterocycles. The first-order valence-corrected chi connectivity index (χ1v) is 3.49. The highest BCUT2D eigenvalue weighted by molar-refractivity contribution is 6.67. The van der Waals surface area contributed by atoms with Gasteiger partial charge in [-0.25, -0.2) is 8.78 Å². The van der Waals surface area contributed by atoms with Crippen molar-refractivity contribution in [1.82, 2.24) is 10.2 Å². The Bertz CT molecular complexity index is 287. The quantitative estimate of drug-likeness (QED) is 0.743. The standard InChI is InChI=1S/C6H5ClF2N2O/c7-6(12)3-2-10-11-4(3)1-5(8)9/h2,5H,1H2,(H,10,11). The molecule has 66 valence electrons. The summed E-state index contributed by atoms with van der Waals surface area (Å²) in [5, 5.41) is 4.99. The summed E-state index contributed by atoms with van der Waals surface area (Å²) in [6.45, 7) is 0. The van der Waals surface area contributed by atoms with Crippen molar-refractivity contribution in [2.45, 2.75) is 12.8 Å². The molecule has 3 nitrogen and oxygen atoms in total. The van der Waals surface area contributed by atoms with E-state index in [0.717, 1.165) is 0 Å². The number of nitrogens with zero attached hydrogens (tertiary/aromatic N) is 1. The van der Waals surface area contributed by atoms with Gasteiger partial charge in [0.1, 0.15) is 0 Å². The minimum atomic E-state index is -2.52. The van der Waals surface area contributed by atoms with Gasteiger partial charge >= 0.3 is 0 Å². The molecule has 6 heteroatoms. The van der Waals surface area contributed by atoms with E-state index in [4.69, 9.17) is 11.6 Å². The van der Waals surface area contributed by atoms with Crippen molar-refractivity contribution >= 4 is 16.8 Å². The third-order valence-corrected chi connectivity index (χ3v) is 1.48. The number of aromatic nitrogens is 2. The fraction of sp³-hybridized carbons (Fsp3) is 0.333. The van der Waals surface area contributed by atoms with Crippen LogP contribution in [0.5, 0.6) is 0 Å². The summed E-state index contributed by atoms with van der Waals surface area (Å²) in [7, 11) is 0. The maximum Gasteiger partial charge on any atom is 0.255 e. The van der Waals surface area contributed by atoms with Crippen molar-refractivity contribution in [3.63, 3.8) is 0 Å². The lowest BCUT2D eigenvalue weighted by Gasteiger charge is -1.95. The lowest BCUT2D eigenvalue weighted by atomic mass is 10.2. The van der Waals surface area contributed by atoms with Crippen LogP contribution in [0.2, 0.25) is 0 Å². The number of halogens is 3. The minimum Gasteiger partial charge on any atom is -0.285 e. The van der Waals surface area contributed by atoms with E-state index in [9.17, 15) is 13.6 Å². The molecule has 0 aliphatic rings. The van der Waals surface area contributed by atoms with Crippen LogP contribution in [0.4, 0.5) is 8.78 Å². The number of hydrogen-bond acceptors (Lipinski definition) is 2. The third kappa shape index (κ3) is 2.01. The van der Waals surface area contributed by atoms with Gasteiger partial charge in [0.05, 0.1) is 17.7 Å². The monoisotopic (exact) mass is 194 g/mol. The molecule has 0 amide bonds. The Labute approximate surface area is 71.7 Å². The average molecular weight is 195 g/mol. The summed E-state index contributed by atoms with van der Waals surface area (Å²) in [5.74, 6) is 0. The van der Waals surface area contributed by atoms with Crippen LogP contribution in [0.25, 0.3) is 0 Å². The van der Waals surface area contributed by atoms with Gasteiger partial charge in [-0.05, 0) is 11.6 Å². The number of H-pyrrole nitrogens is 1. The van der Waals surface area contributed by atoms with Crippen molar-refractivity contribution in [2.75, 3.05) is 0 Å². The Morgan fingerprint density at radius 1 is 1.75 bits per heavy atom. The Kier molecular flexibility index (Phi) is 2.75. The van der Waals surface area contributed by atoms with Crippen LogP contribution < -0.4 is 0 Å². The molecule has 0 aliphatic heterocycles. The van der Waals surface area contributed by atoms with E-state index in [1.807, 2.05) is 0 Å². The summed E-state index contributed by atoms with van der Waals surface area (Å²) in [6, 6.07) is 0. The molecule has 12 heavy (non-hydrogen) atoms. The Morgan fingerprint density at radius 3 is 2.92 bits per heavy atom. The molecule has 1 aromatic rings. The fourth-order valence-electron chi connectivity index (χ4n) is 0.790. The fourth-order valence-corrected chi connectivity index (χ4v) is 0.954. The van der Waals surface area contributed by atoms with Crippen LogP contribution in [-0.4, -0.2) is 21.9 Å². The molecule has 0 aromatic carbocycles. The predicted molar refractivity (Wildman–Crippen MR) is 38.5 cm³/mol. The number of alkyl halides is 2. The molecule has 0 saturated carbocycles. The molecular weight excluding hydrogens is 190 g/mol. The van der Waals surface area contributed by atoms with Crippen LogP contribution in [-0.2, 0) is 6.42 Å². The number of carbonyl (C=O) groups is 1. The summed E-state index contributed by atoms with van der Waals surface area (Å²) in [6.07, 6.45) is -1.88. The summed E-state index contributed by atoms with van der Waals surface area (Å²) in [4.78, 5) is 10.6. The van der Waals surface area contributed by atoms with Crippen LogP contribution in [0.1, 0.15) is 16.1 Å². The van der Waals surface area contributed by atoms with E-state index in [2.05, 4.69) is 10.2 Å². The first-order chi connectivity index (χ1) is 5.61. The summed E-state index contributed by atoms with van der Waals surface area (Å²) < 4.78 is 23.7. The van der Waals surface area contributed by atoms with E-state index in [0.29, 0.717) is 0 Å². The lowest BCUT2D eigenvalue weighted by Crippen LogP contribution is -2.02. The van der Waals surface area contributed by atoms with Crippen molar-refractivity contribution in [3.05, 3.63) is 17.5 Å². The zero-order valence-corrected chi connectivity index (χ0v) is 6.61. The van der Waals surface area contributed by atoms with Gasteiger partial charge in [0.2, 0.25) is 6.43 Å². The maximum absolute atomic E-state index is 11.8. The Balaban J connectivity index is 2.84. The van der Waals surface area contributed by atoms with Crippen molar-refractivity contribution in [3.8, 4) is 0 Å². The van der Waals surface area contributed by atoms with Crippen LogP contribution in [0.15, 0.2) is 6.20 Å². The first-order valence-electron chi connectivity index (χ1n) is 3.12. The smallest absolute Gasteiger partial charge is 0.255 e. The second-order valence-corrected chi connectivity index (χ2v) is 2.46. The highest BCUT2D eigenvalue weighted by Crippen LogP contribution is 2.11. The van der Waals surface area contributed by atoms with Gasteiger partial charge in [0.25, 0.3) is 5.24 Å². The molecule has 0 aliphatic carbocycles. The predicted octanol–water partition coefficient (Wildman–Crippen LogP) is 1.60. The molecule has 0 saturated heterocycles. The van der Waals surface area contributed by atoms with Gasteiger partial charge in [-0.2, -0.15) is 5.10 Å².